The van der Waals surface area contributed by atoms with Gasteiger partial charge in [0.25, 0.3) is 5.91 Å². The predicted molar refractivity (Wildman–Crippen MR) is 80.5 cm³/mol. The van der Waals surface area contributed by atoms with Crippen molar-refractivity contribution in [1.29, 1.82) is 0 Å². The molecule has 1 aromatic heterocycles. The highest BCUT2D eigenvalue weighted by molar-refractivity contribution is 6.06. The summed E-state index contributed by atoms with van der Waals surface area (Å²) < 4.78 is 13.1. The second kappa shape index (κ2) is 5.20. The first kappa shape index (κ1) is 13.1. The summed E-state index contributed by atoms with van der Waals surface area (Å²) in [6.45, 7) is 0. The second-order valence-electron chi connectivity index (χ2n) is 4.58. The highest BCUT2D eigenvalue weighted by atomic mass is 19.1. The summed E-state index contributed by atoms with van der Waals surface area (Å²) in [7, 11) is 0. The number of halogens is 1. The number of nitrogens with one attached hydrogen (secondary N) is 1. The quantitative estimate of drug-likeness (QED) is 0.758. The van der Waals surface area contributed by atoms with Gasteiger partial charge in [-0.15, -0.1) is 0 Å². The number of aromatic nitrogens is 1. The van der Waals surface area contributed by atoms with Crippen molar-refractivity contribution in [2.75, 3.05) is 11.1 Å². The maximum Gasteiger partial charge on any atom is 0.274 e. The minimum absolute atomic E-state index is 0.190. The lowest BCUT2D eigenvalue weighted by Crippen LogP contribution is -2.14. The predicted octanol–water partition coefficient (Wildman–Crippen LogP) is 3.21. The number of hydrogen-bond donors (Lipinski definition) is 2. The van der Waals surface area contributed by atoms with Crippen molar-refractivity contribution in [3.63, 3.8) is 0 Å². The van der Waals surface area contributed by atoms with E-state index in [9.17, 15) is 9.18 Å². The highest BCUT2D eigenvalue weighted by Crippen LogP contribution is 2.20. The Labute approximate surface area is 120 Å². The maximum atomic E-state index is 13.1. The van der Waals surface area contributed by atoms with Crippen molar-refractivity contribution in [3.05, 3.63) is 66.1 Å². The highest BCUT2D eigenvalue weighted by Gasteiger charge is 2.11. The summed E-state index contributed by atoms with van der Waals surface area (Å²) >= 11 is 0. The Morgan fingerprint density at radius 2 is 1.90 bits per heavy atom. The summed E-state index contributed by atoms with van der Waals surface area (Å²) in [4.78, 5) is 16.3. The standard InChI is InChI=1S/C16H12FN3O/c17-11-5-3-6-12(9-11)19-16(21)14-8-10-4-1-2-7-13(10)15(18)20-14/h1-9H,(H2,18,20)(H,19,21). The molecule has 0 atom stereocenters. The normalized spacial score (nSPS) is 10.5. The molecule has 0 radical (unpaired) electrons. The third kappa shape index (κ3) is 2.67. The van der Waals surface area contributed by atoms with Gasteiger partial charge in [0.1, 0.15) is 17.3 Å². The number of benzene rings is 2. The van der Waals surface area contributed by atoms with E-state index in [0.29, 0.717) is 5.69 Å². The Morgan fingerprint density at radius 1 is 1.10 bits per heavy atom. The van der Waals surface area contributed by atoms with Gasteiger partial charge >= 0.3 is 0 Å². The Hall–Kier alpha value is -2.95. The van der Waals surface area contributed by atoms with E-state index in [1.54, 1.807) is 12.1 Å². The molecule has 0 spiro atoms. The van der Waals surface area contributed by atoms with Crippen molar-refractivity contribution in [2.45, 2.75) is 0 Å². The first-order valence-electron chi connectivity index (χ1n) is 6.36. The number of carbonyl (C=O) groups is 1. The Bertz CT molecular complexity index is 833. The first-order valence-corrected chi connectivity index (χ1v) is 6.36. The number of amides is 1. The molecule has 0 saturated carbocycles. The zero-order valence-electron chi connectivity index (χ0n) is 11.0. The van der Waals surface area contributed by atoms with E-state index in [0.717, 1.165) is 10.8 Å². The van der Waals surface area contributed by atoms with Gasteiger partial charge in [-0.3, -0.25) is 4.79 Å². The van der Waals surface area contributed by atoms with E-state index >= 15 is 0 Å². The zero-order valence-corrected chi connectivity index (χ0v) is 11.0. The van der Waals surface area contributed by atoms with E-state index < -0.39 is 11.7 Å². The number of anilines is 2. The summed E-state index contributed by atoms with van der Waals surface area (Å²) in [6, 6.07) is 14.7. The van der Waals surface area contributed by atoms with Gasteiger partial charge in [-0.1, -0.05) is 30.3 Å². The number of hydrogen-bond acceptors (Lipinski definition) is 3. The van der Waals surface area contributed by atoms with Gasteiger partial charge in [-0.05, 0) is 29.7 Å². The van der Waals surface area contributed by atoms with Gasteiger partial charge in [0.2, 0.25) is 0 Å². The van der Waals surface area contributed by atoms with Gasteiger partial charge < -0.3 is 11.1 Å². The molecule has 0 aliphatic carbocycles. The van der Waals surface area contributed by atoms with Crippen molar-refractivity contribution in [3.8, 4) is 0 Å². The molecule has 3 aromatic rings. The molecular weight excluding hydrogens is 269 g/mol. The molecule has 5 heteroatoms. The second-order valence-corrected chi connectivity index (χ2v) is 4.58. The van der Waals surface area contributed by atoms with Gasteiger partial charge in [-0.25, -0.2) is 9.37 Å². The van der Waals surface area contributed by atoms with Crippen molar-refractivity contribution < 1.29 is 9.18 Å². The Balaban J connectivity index is 1.94. The van der Waals surface area contributed by atoms with Crippen molar-refractivity contribution in [2.24, 2.45) is 0 Å². The van der Waals surface area contributed by atoms with E-state index in [4.69, 9.17) is 5.73 Å². The molecule has 0 aliphatic rings. The lowest BCUT2D eigenvalue weighted by atomic mass is 10.1. The number of pyridine rings is 1. The number of fused-ring (bicyclic) bond motifs is 1. The smallest absolute Gasteiger partial charge is 0.274 e. The average Bonchev–Trinajstić information content (AvgIpc) is 2.47. The topological polar surface area (TPSA) is 68.0 Å². The molecule has 3 rings (SSSR count). The maximum absolute atomic E-state index is 13.1. The molecular formula is C16H12FN3O. The third-order valence-electron chi connectivity index (χ3n) is 3.08. The molecule has 0 fully saturated rings. The number of nitrogen functional groups attached to an aromatic ring is 1. The van der Waals surface area contributed by atoms with Crippen LogP contribution in [0.1, 0.15) is 10.5 Å². The van der Waals surface area contributed by atoms with E-state index in [-0.39, 0.29) is 11.5 Å². The van der Waals surface area contributed by atoms with Crippen LogP contribution in [0.4, 0.5) is 15.9 Å². The molecule has 1 amide bonds. The van der Waals surface area contributed by atoms with Gasteiger partial charge in [0.15, 0.2) is 0 Å². The van der Waals surface area contributed by atoms with Gasteiger partial charge in [0.05, 0.1) is 0 Å². The van der Waals surface area contributed by atoms with Crippen LogP contribution in [0, 0.1) is 5.82 Å². The molecule has 21 heavy (non-hydrogen) atoms. The monoisotopic (exact) mass is 281 g/mol. The van der Waals surface area contributed by atoms with Crippen molar-refractivity contribution >= 4 is 28.2 Å². The van der Waals surface area contributed by atoms with Gasteiger partial charge in [-0.2, -0.15) is 0 Å². The number of carbonyl (C=O) groups excluding carboxylic acids is 1. The largest absolute Gasteiger partial charge is 0.383 e. The van der Waals surface area contributed by atoms with Gasteiger partial charge in [0, 0.05) is 11.1 Å². The Morgan fingerprint density at radius 3 is 2.71 bits per heavy atom. The van der Waals surface area contributed by atoms with Crippen LogP contribution in [0.5, 0.6) is 0 Å². The number of rotatable bonds is 2. The number of nitrogens with zero attached hydrogens (tertiary/aromatic N) is 1. The molecule has 0 saturated heterocycles. The van der Waals surface area contributed by atoms with Crippen LogP contribution < -0.4 is 11.1 Å². The van der Waals surface area contributed by atoms with Crippen LogP contribution in [0.2, 0.25) is 0 Å². The molecule has 2 aromatic carbocycles. The molecule has 1 heterocycles. The SMILES string of the molecule is Nc1nc(C(=O)Nc2cccc(F)c2)cc2ccccc12. The van der Waals surface area contributed by atoms with Crippen LogP contribution >= 0.6 is 0 Å². The molecule has 4 nitrogen and oxygen atoms in total. The molecule has 0 bridgehead atoms. The molecule has 0 unspecified atom stereocenters. The van der Waals surface area contributed by atoms with Crippen LogP contribution in [0.3, 0.4) is 0 Å². The van der Waals surface area contributed by atoms with Crippen LogP contribution in [-0.4, -0.2) is 10.9 Å². The first-order chi connectivity index (χ1) is 10.1. The minimum atomic E-state index is -0.432. The summed E-state index contributed by atoms with van der Waals surface area (Å²) in [5.41, 5.74) is 6.42. The summed E-state index contributed by atoms with van der Waals surface area (Å²) in [5, 5.41) is 4.21. The lowest BCUT2D eigenvalue weighted by Gasteiger charge is -2.07. The fourth-order valence-electron chi connectivity index (χ4n) is 2.10. The Kier molecular flexibility index (Phi) is 3.23. The summed E-state index contributed by atoms with van der Waals surface area (Å²) in [6.07, 6.45) is 0. The van der Waals surface area contributed by atoms with Crippen molar-refractivity contribution in [1.82, 2.24) is 4.98 Å². The fourth-order valence-corrected chi connectivity index (χ4v) is 2.10. The lowest BCUT2D eigenvalue weighted by molar-refractivity contribution is 0.102. The third-order valence-corrected chi connectivity index (χ3v) is 3.08. The van der Waals surface area contributed by atoms with E-state index in [1.165, 1.54) is 18.2 Å². The van der Waals surface area contributed by atoms with E-state index in [2.05, 4.69) is 10.3 Å². The molecule has 104 valence electrons. The zero-order chi connectivity index (χ0) is 14.8. The average molecular weight is 281 g/mol. The van der Waals surface area contributed by atoms with E-state index in [1.807, 2.05) is 24.3 Å². The van der Waals surface area contributed by atoms with Crippen LogP contribution in [-0.2, 0) is 0 Å². The fraction of sp³-hybridized carbons (Fsp3) is 0. The van der Waals surface area contributed by atoms with Crippen LogP contribution in [0.15, 0.2) is 54.6 Å². The number of nitrogens with two attached hydrogens (primary N) is 1. The molecule has 0 aliphatic heterocycles. The minimum Gasteiger partial charge on any atom is -0.383 e. The van der Waals surface area contributed by atoms with Crippen LogP contribution in [0.25, 0.3) is 10.8 Å². The summed E-state index contributed by atoms with van der Waals surface area (Å²) in [5.74, 6) is -0.561. The molecule has 3 N–H and O–H groups in total.